The third-order valence-corrected chi connectivity index (χ3v) is 7.34. The second-order valence-corrected chi connectivity index (χ2v) is 9.37. The highest BCUT2D eigenvalue weighted by molar-refractivity contribution is 6.00. The SMILES string of the molecule is C[C@H](CO)N1C(=O)[C@@H]2[C@H]3C(=O)N(C)CC=C[C@H]3O[C@@]23C=CCN(Cc2ccccc2)C(=O)C13. The fourth-order valence-electron chi connectivity index (χ4n) is 5.76. The first kappa shape index (κ1) is 21.9. The standard InChI is InChI=1S/C25H29N3O5/c1-16(15-29)28-21-24(32)27(14-17-8-4-3-5-9-17)13-7-11-25(21)20(23(28)31)19-18(33-25)10-6-12-26(2)22(19)30/h3-11,16,18-21,29H,12-15H2,1-2H3/t16-,18-,19+,20+,21?,25+/m1/s1. The molecule has 3 amide bonds. The molecular weight excluding hydrogens is 422 g/mol. The van der Waals surface area contributed by atoms with E-state index in [0.717, 1.165) is 5.56 Å². The van der Waals surface area contributed by atoms with E-state index in [1.165, 1.54) is 4.90 Å². The lowest BCUT2D eigenvalue weighted by molar-refractivity contribution is -0.151. The Bertz CT molecular complexity index is 1020. The Morgan fingerprint density at radius 2 is 1.85 bits per heavy atom. The van der Waals surface area contributed by atoms with Gasteiger partial charge < -0.3 is 24.5 Å². The van der Waals surface area contributed by atoms with Crippen molar-refractivity contribution in [3.05, 3.63) is 60.2 Å². The second-order valence-electron chi connectivity index (χ2n) is 9.37. The molecule has 4 aliphatic rings. The molecule has 1 aromatic carbocycles. The molecule has 2 fully saturated rings. The van der Waals surface area contributed by atoms with E-state index in [0.29, 0.717) is 19.6 Å². The van der Waals surface area contributed by atoms with Crippen molar-refractivity contribution in [3.8, 4) is 0 Å². The summed E-state index contributed by atoms with van der Waals surface area (Å²) in [5, 5.41) is 9.93. The molecule has 0 saturated carbocycles. The zero-order chi connectivity index (χ0) is 23.3. The van der Waals surface area contributed by atoms with E-state index in [1.807, 2.05) is 54.6 Å². The number of nitrogens with zero attached hydrogens (tertiary/aromatic N) is 3. The second kappa shape index (κ2) is 8.11. The zero-order valence-electron chi connectivity index (χ0n) is 18.8. The summed E-state index contributed by atoms with van der Waals surface area (Å²) in [4.78, 5) is 45.8. The highest BCUT2D eigenvalue weighted by atomic mass is 16.5. The first-order valence-corrected chi connectivity index (χ1v) is 11.4. The third kappa shape index (κ3) is 3.23. The maximum Gasteiger partial charge on any atom is 0.249 e. The number of carbonyl (C=O) groups excluding carboxylic acids is 3. The first-order valence-electron chi connectivity index (χ1n) is 11.4. The number of aliphatic hydroxyl groups is 1. The molecule has 8 heteroatoms. The van der Waals surface area contributed by atoms with Crippen LogP contribution in [0.3, 0.4) is 0 Å². The molecule has 1 N–H and O–H groups in total. The summed E-state index contributed by atoms with van der Waals surface area (Å²) in [7, 11) is 1.71. The zero-order valence-corrected chi connectivity index (χ0v) is 18.8. The molecule has 0 bridgehead atoms. The van der Waals surface area contributed by atoms with E-state index < -0.39 is 35.6 Å². The molecule has 4 aliphatic heterocycles. The lowest BCUT2D eigenvalue weighted by atomic mass is 9.77. The van der Waals surface area contributed by atoms with Gasteiger partial charge in [-0.1, -0.05) is 54.6 Å². The summed E-state index contributed by atoms with van der Waals surface area (Å²) >= 11 is 0. The van der Waals surface area contributed by atoms with Crippen molar-refractivity contribution in [1.29, 1.82) is 0 Å². The number of hydrogen-bond donors (Lipinski definition) is 1. The monoisotopic (exact) mass is 451 g/mol. The lowest BCUT2D eigenvalue weighted by Crippen LogP contribution is -2.57. The Labute approximate surface area is 193 Å². The minimum Gasteiger partial charge on any atom is -0.394 e. The molecule has 4 heterocycles. The van der Waals surface area contributed by atoms with Crippen molar-refractivity contribution < 1.29 is 24.2 Å². The van der Waals surface area contributed by atoms with Crippen LogP contribution in [0.25, 0.3) is 0 Å². The number of aliphatic hydroxyl groups excluding tert-OH is 1. The van der Waals surface area contributed by atoms with E-state index in [-0.39, 0.29) is 24.3 Å². The van der Waals surface area contributed by atoms with Crippen molar-refractivity contribution in [1.82, 2.24) is 14.7 Å². The van der Waals surface area contributed by atoms with Crippen LogP contribution in [0, 0.1) is 11.8 Å². The average Bonchev–Trinajstić information content (AvgIpc) is 3.16. The van der Waals surface area contributed by atoms with Crippen LogP contribution in [0.2, 0.25) is 0 Å². The van der Waals surface area contributed by atoms with Crippen molar-refractivity contribution in [2.75, 3.05) is 26.7 Å². The van der Waals surface area contributed by atoms with E-state index in [1.54, 1.807) is 23.8 Å². The summed E-state index contributed by atoms with van der Waals surface area (Å²) in [5.74, 6) is -2.25. The number of rotatable bonds is 4. The molecule has 33 heavy (non-hydrogen) atoms. The van der Waals surface area contributed by atoms with Crippen LogP contribution < -0.4 is 0 Å². The van der Waals surface area contributed by atoms with Gasteiger partial charge in [0.05, 0.1) is 30.6 Å². The highest BCUT2D eigenvalue weighted by Crippen LogP contribution is 2.53. The van der Waals surface area contributed by atoms with Gasteiger partial charge in [0.15, 0.2) is 0 Å². The summed E-state index contributed by atoms with van der Waals surface area (Å²) < 4.78 is 6.51. The Hall–Kier alpha value is -2.97. The normalized spacial score (nSPS) is 34.2. The van der Waals surface area contributed by atoms with Crippen molar-refractivity contribution in [3.63, 3.8) is 0 Å². The van der Waals surface area contributed by atoms with Crippen molar-refractivity contribution in [2.45, 2.75) is 37.3 Å². The molecular formula is C25H29N3O5. The Morgan fingerprint density at radius 3 is 2.58 bits per heavy atom. The predicted octanol–water partition coefficient (Wildman–Crippen LogP) is 0.575. The van der Waals surface area contributed by atoms with Crippen molar-refractivity contribution >= 4 is 17.7 Å². The van der Waals surface area contributed by atoms with E-state index in [9.17, 15) is 19.5 Å². The lowest BCUT2D eigenvalue weighted by Gasteiger charge is -2.37. The number of carbonyl (C=O) groups is 3. The molecule has 6 atom stereocenters. The van der Waals surface area contributed by atoms with Crippen LogP contribution in [0.5, 0.6) is 0 Å². The van der Waals surface area contributed by atoms with Crippen LogP contribution in [0.1, 0.15) is 12.5 Å². The van der Waals surface area contributed by atoms with E-state index in [4.69, 9.17) is 4.74 Å². The highest BCUT2D eigenvalue weighted by Gasteiger charge is 2.72. The maximum absolute atomic E-state index is 14.0. The summed E-state index contributed by atoms with van der Waals surface area (Å²) in [6, 6.07) is 8.15. The molecule has 0 radical (unpaired) electrons. The Morgan fingerprint density at radius 1 is 1.09 bits per heavy atom. The topological polar surface area (TPSA) is 90.4 Å². The van der Waals surface area contributed by atoms with Gasteiger partial charge in [0.1, 0.15) is 11.6 Å². The fourth-order valence-corrected chi connectivity index (χ4v) is 5.76. The number of likely N-dealkylation sites (tertiary alicyclic amines) is 1. The van der Waals surface area contributed by atoms with E-state index in [2.05, 4.69) is 0 Å². The van der Waals surface area contributed by atoms with Crippen molar-refractivity contribution in [2.24, 2.45) is 11.8 Å². The third-order valence-electron chi connectivity index (χ3n) is 7.34. The van der Waals surface area contributed by atoms with Gasteiger partial charge in [-0.05, 0) is 12.5 Å². The molecule has 8 nitrogen and oxygen atoms in total. The molecule has 1 spiro atoms. The maximum atomic E-state index is 14.0. The first-order chi connectivity index (χ1) is 15.9. The average molecular weight is 452 g/mol. The predicted molar refractivity (Wildman–Crippen MR) is 120 cm³/mol. The Balaban J connectivity index is 1.59. The van der Waals surface area contributed by atoms with Crippen LogP contribution in [-0.2, 0) is 25.7 Å². The Kier molecular flexibility index (Phi) is 5.37. The van der Waals surface area contributed by atoms with Gasteiger partial charge in [0.2, 0.25) is 17.7 Å². The smallest absolute Gasteiger partial charge is 0.249 e. The molecule has 0 aromatic heterocycles. The summed E-state index contributed by atoms with van der Waals surface area (Å²) in [6.45, 7) is 2.64. The minimum absolute atomic E-state index is 0.163. The van der Waals surface area contributed by atoms with Gasteiger partial charge in [-0.25, -0.2) is 0 Å². The number of ether oxygens (including phenoxy) is 1. The molecule has 1 aromatic rings. The van der Waals surface area contributed by atoms with Gasteiger partial charge in [-0.3, -0.25) is 14.4 Å². The molecule has 5 rings (SSSR count). The van der Waals surface area contributed by atoms with Gasteiger partial charge in [-0.15, -0.1) is 0 Å². The molecule has 1 unspecified atom stereocenters. The van der Waals surface area contributed by atoms with Crippen LogP contribution in [-0.4, -0.2) is 88.1 Å². The molecule has 174 valence electrons. The minimum atomic E-state index is -1.25. The number of amides is 3. The summed E-state index contributed by atoms with van der Waals surface area (Å²) in [5.41, 5.74) is -0.272. The van der Waals surface area contributed by atoms with E-state index >= 15 is 0 Å². The number of benzene rings is 1. The van der Waals surface area contributed by atoms with Gasteiger partial charge in [-0.2, -0.15) is 0 Å². The van der Waals surface area contributed by atoms with Crippen LogP contribution >= 0.6 is 0 Å². The van der Waals surface area contributed by atoms with Crippen LogP contribution in [0.4, 0.5) is 0 Å². The number of likely N-dealkylation sites (N-methyl/N-ethyl adjacent to an activating group) is 1. The van der Waals surface area contributed by atoms with Gasteiger partial charge in [0, 0.05) is 26.7 Å². The fraction of sp³-hybridized carbons (Fsp3) is 0.480. The summed E-state index contributed by atoms with van der Waals surface area (Å²) in [6.07, 6.45) is 6.83. The quantitative estimate of drug-likeness (QED) is 0.677. The number of fused-ring (bicyclic) bond motifs is 2. The van der Waals surface area contributed by atoms with Gasteiger partial charge in [0.25, 0.3) is 0 Å². The molecule has 2 saturated heterocycles. The van der Waals surface area contributed by atoms with Crippen LogP contribution in [0.15, 0.2) is 54.6 Å². The number of hydrogen-bond acceptors (Lipinski definition) is 5. The molecule has 0 aliphatic carbocycles. The largest absolute Gasteiger partial charge is 0.394 e. The van der Waals surface area contributed by atoms with Gasteiger partial charge >= 0.3 is 0 Å².